The summed E-state index contributed by atoms with van der Waals surface area (Å²) in [7, 11) is 0. The number of benzene rings is 1. The van der Waals surface area contributed by atoms with E-state index < -0.39 is 5.82 Å². The normalized spacial score (nSPS) is 10.7. The summed E-state index contributed by atoms with van der Waals surface area (Å²) in [6.07, 6.45) is 0.647. The topological polar surface area (TPSA) is 45.8 Å². The average Bonchev–Trinajstić information content (AvgIpc) is 2.32. The van der Waals surface area contributed by atoms with Crippen LogP contribution in [0.2, 0.25) is 5.02 Å². The largest absolute Gasteiger partial charge is 0.306 e. The van der Waals surface area contributed by atoms with Gasteiger partial charge in [-0.05, 0) is 47.2 Å². The predicted octanol–water partition coefficient (Wildman–Crippen LogP) is 3.40. The van der Waals surface area contributed by atoms with Crippen molar-refractivity contribution in [2.24, 2.45) is 0 Å². The van der Waals surface area contributed by atoms with E-state index in [0.29, 0.717) is 27.1 Å². The van der Waals surface area contributed by atoms with Gasteiger partial charge < -0.3 is 4.98 Å². The average molecular weight is 379 g/mol. The molecule has 0 saturated heterocycles. The summed E-state index contributed by atoms with van der Waals surface area (Å²) >= 11 is 7.90. The number of H-pyrrole nitrogens is 1. The quantitative estimate of drug-likeness (QED) is 0.814. The molecule has 0 spiro atoms. The first-order chi connectivity index (χ1) is 8.52. The Balaban J connectivity index is 2.64. The van der Waals surface area contributed by atoms with Crippen LogP contribution in [0.1, 0.15) is 12.6 Å². The lowest BCUT2D eigenvalue weighted by atomic mass is 10.2. The summed E-state index contributed by atoms with van der Waals surface area (Å²) in [6, 6.07) is 3.98. The summed E-state index contributed by atoms with van der Waals surface area (Å²) in [5.41, 5.74) is 1.01. The summed E-state index contributed by atoms with van der Waals surface area (Å²) in [6.45, 7) is 1.92. The molecule has 0 bridgehead atoms. The van der Waals surface area contributed by atoms with Crippen LogP contribution in [0.3, 0.4) is 0 Å². The molecular formula is C12H9ClFIN2O. The molecule has 0 aliphatic carbocycles. The smallest absolute Gasteiger partial charge is 0.264 e. The van der Waals surface area contributed by atoms with Gasteiger partial charge in [0.2, 0.25) is 0 Å². The summed E-state index contributed by atoms with van der Waals surface area (Å²) in [4.78, 5) is 18.7. The van der Waals surface area contributed by atoms with Gasteiger partial charge in [-0.25, -0.2) is 9.37 Å². The van der Waals surface area contributed by atoms with Crippen molar-refractivity contribution in [1.82, 2.24) is 9.97 Å². The zero-order chi connectivity index (χ0) is 13.3. The van der Waals surface area contributed by atoms with E-state index in [0.717, 1.165) is 0 Å². The number of hydrogen-bond donors (Lipinski definition) is 1. The third-order valence-corrected chi connectivity index (χ3v) is 3.88. The van der Waals surface area contributed by atoms with Crippen LogP contribution >= 0.6 is 34.2 Å². The first-order valence-corrected chi connectivity index (χ1v) is 6.72. The second-order valence-electron chi connectivity index (χ2n) is 3.65. The lowest BCUT2D eigenvalue weighted by Gasteiger charge is -2.06. The van der Waals surface area contributed by atoms with Gasteiger partial charge in [0.05, 0.1) is 14.3 Å². The third-order valence-electron chi connectivity index (χ3n) is 2.45. The molecule has 0 aliphatic rings. The number of rotatable bonds is 2. The van der Waals surface area contributed by atoms with Gasteiger partial charge >= 0.3 is 0 Å². The fourth-order valence-electron chi connectivity index (χ4n) is 1.55. The number of aryl methyl sites for hydroxylation is 1. The van der Waals surface area contributed by atoms with Crippen molar-refractivity contribution in [3.63, 3.8) is 0 Å². The van der Waals surface area contributed by atoms with Crippen LogP contribution in [0.25, 0.3) is 11.4 Å². The second kappa shape index (κ2) is 5.36. The van der Waals surface area contributed by atoms with Gasteiger partial charge in [-0.1, -0.05) is 18.5 Å². The lowest BCUT2D eigenvalue weighted by Crippen LogP contribution is -2.16. The molecule has 3 nitrogen and oxygen atoms in total. The van der Waals surface area contributed by atoms with Crippen LogP contribution in [-0.2, 0) is 6.42 Å². The first-order valence-electron chi connectivity index (χ1n) is 5.27. The zero-order valence-electron chi connectivity index (χ0n) is 9.43. The molecule has 0 unspecified atom stereocenters. The number of aromatic nitrogens is 2. The Kier molecular flexibility index (Phi) is 4.01. The molecule has 0 saturated carbocycles. The Hall–Kier alpha value is -0.950. The maximum absolute atomic E-state index is 13.0. The number of halogens is 3. The first kappa shape index (κ1) is 13.5. The molecule has 1 aromatic carbocycles. The Labute approximate surface area is 122 Å². The van der Waals surface area contributed by atoms with Crippen LogP contribution in [0, 0.1) is 9.39 Å². The molecule has 18 heavy (non-hydrogen) atoms. The molecule has 0 aliphatic heterocycles. The number of nitrogens with one attached hydrogen (secondary N) is 1. The molecule has 0 fully saturated rings. The highest BCUT2D eigenvalue weighted by Crippen LogP contribution is 2.25. The predicted molar refractivity (Wildman–Crippen MR) is 77.4 cm³/mol. The van der Waals surface area contributed by atoms with Gasteiger partial charge in [0, 0.05) is 5.56 Å². The number of hydrogen-bond acceptors (Lipinski definition) is 2. The standard InChI is InChI=1S/C12H9ClFIN2O/c1-2-9-10(15)12(18)17-11(16-9)7-4-3-6(14)5-8(7)13/h3-5H,2H2,1H3,(H,16,17,18). The van der Waals surface area contributed by atoms with Crippen LogP contribution in [-0.4, -0.2) is 9.97 Å². The van der Waals surface area contributed by atoms with E-state index in [9.17, 15) is 9.18 Å². The Morgan fingerprint density at radius 2 is 2.22 bits per heavy atom. The van der Waals surface area contributed by atoms with Crippen molar-refractivity contribution in [2.75, 3.05) is 0 Å². The van der Waals surface area contributed by atoms with Crippen molar-refractivity contribution in [3.05, 3.63) is 48.7 Å². The van der Waals surface area contributed by atoms with E-state index in [4.69, 9.17) is 11.6 Å². The Morgan fingerprint density at radius 1 is 1.50 bits per heavy atom. The van der Waals surface area contributed by atoms with Gasteiger partial charge in [-0.3, -0.25) is 4.79 Å². The van der Waals surface area contributed by atoms with E-state index in [2.05, 4.69) is 9.97 Å². The van der Waals surface area contributed by atoms with E-state index >= 15 is 0 Å². The van der Waals surface area contributed by atoms with Crippen LogP contribution in [0.15, 0.2) is 23.0 Å². The summed E-state index contributed by atoms with van der Waals surface area (Å²) < 4.78 is 13.5. The number of nitrogens with zero attached hydrogens (tertiary/aromatic N) is 1. The highest BCUT2D eigenvalue weighted by atomic mass is 127. The zero-order valence-corrected chi connectivity index (χ0v) is 12.3. The number of aromatic amines is 1. The van der Waals surface area contributed by atoms with Crippen molar-refractivity contribution < 1.29 is 4.39 Å². The highest BCUT2D eigenvalue weighted by Gasteiger charge is 2.11. The molecule has 1 N–H and O–H groups in total. The summed E-state index contributed by atoms with van der Waals surface area (Å²) in [5, 5.41) is 0.224. The molecule has 2 rings (SSSR count). The van der Waals surface area contributed by atoms with Crippen molar-refractivity contribution in [3.8, 4) is 11.4 Å². The molecule has 2 aromatic rings. The van der Waals surface area contributed by atoms with Gasteiger partial charge in [0.15, 0.2) is 0 Å². The van der Waals surface area contributed by atoms with E-state index in [1.54, 1.807) is 0 Å². The lowest BCUT2D eigenvalue weighted by molar-refractivity contribution is 0.628. The van der Waals surface area contributed by atoms with Gasteiger partial charge in [0.25, 0.3) is 5.56 Å². The van der Waals surface area contributed by atoms with Gasteiger partial charge in [-0.15, -0.1) is 0 Å². The van der Waals surface area contributed by atoms with Gasteiger partial charge in [-0.2, -0.15) is 0 Å². The van der Waals surface area contributed by atoms with E-state index in [1.807, 2.05) is 29.5 Å². The minimum absolute atomic E-state index is 0.210. The molecule has 6 heteroatoms. The van der Waals surface area contributed by atoms with Crippen LogP contribution in [0.4, 0.5) is 4.39 Å². The molecular weight excluding hydrogens is 370 g/mol. The maximum Gasteiger partial charge on any atom is 0.264 e. The van der Waals surface area contributed by atoms with E-state index in [1.165, 1.54) is 18.2 Å². The molecule has 0 amide bonds. The highest BCUT2D eigenvalue weighted by molar-refractivity contribution is 14.1. The molecule has 1 heterocycles. The minimum Gasteiger partial charge on any atom is -0.306 e. The monoisotopic (exact) mass is 378 g/mol. The van der Waals surface area contributed by atoms with Crippen molar-refractivity contribution in [1.29, 1.82) is 0 Å². The fraction of sp³-hybridized carbons (Fsp3) is 0.167. The fourth-order valence-corrected chi connectivity index (χ4v) is 2.44. The SMILES string of the molecule is CCc1nc(-c2ccc(F)cc2Cl)[nH]c(=O)c1I. The molecule has 94 valence electrons. The Bertz CT molecular complexity index is 657. The van der Waals surface area contributed by atoms with Crippen LogP contribution in [0.5, 0.6) is 0 Å². The van der Waals surface area contributed by atoms with Crippen LogP contribution < -0.4 is 5.56 Å². The molecule has 0 atom stereocenters. The van der Waals surface area contributed by atoms with Gasteiger partial charge in [0.1, 0.15) is 11.6 Å². The van der Waals surface area contributed by atoms with Crippen molar-refractivity contribution in [2.45, 2.75) is 13.3 Å². The second-order valence-corrected chi connectivity index (χ2v) is 5.14. The van der Waals surface area contributed by atoms with Crippen molar-refractivity contribution >= 4 is 34.2 Å². The summed E-state index contributed by atoms with van der Waals surface area (Å²) in [5.74, 6) is -0.0606. The molecule has 1 aromatic heterocycles. The van der Waals surface area contributed by atoms with E-state index in [-0.39, 0.29) is 10.6 Å². The minimum atomic E-state index is -0.424. The molecule has 0 radical (unpaired) electrons. The third kappa shape index (κ3) is 2.56. The Morgan fingerprint density at radius 3 is 2.83 bits per heavy atom. The maximum atomic E-state index is 13.0.